The molecule has 0 saturated carbocycles. The molecule has 0 aliphatic rings. The van der Waals surface area contributed by atoms with Crippen LogP contribution < -0.4 is 14.4 Å². The molecule has 0 aliphatic carbocycles. The van der Waals surface area contributed by atoms with E-state index in [1.165, 1.54) is 0 Å². The minimum atomic E-state index is -0.137. The number of amides is 1. The van der Waals surface area contributed by atoms with Crippen molar-refractivity contribution in [1.29, 1.82) is 0 Å². The Balaban J connectivity index is 2.06. The van der Waals surface area contributed by atoms with Gasteiger partial charge in [-0.15, -0.1) is 6.58 Å². The molecule has 1 amide bonds. The summed E-state index contributed by atoms with van der Waals surface area (Å²) in [6.45, 7) is 6.53. The first kappa shape index (κ1) is 16.6. The van der Waals surface area contributed by atoms with Gasteiger partial charge in [0.1, 0.15) is 0 Å². The third-order valence-corrected chi connectivity index (χ3v) is 3.18. The van der Waals surface area contributed by atoms with Crippen LogP contribution in [0.15, 0.2) is 67.3 Å². The lowest BCUT2D eigenvalue weighted by Crippen LogP contribution is -2.35. The first-order chi connectivity index (χ1) is 11.3. The van der Waals surface area contributed by atoms with Gasteiger partial charge in [-0.2, -0.15) is 0 Å². The number of nitrogens with zero attached hydrogens (tertiary/aromatic N) is 1. The van der Waals surface area contributed by atoms with E-state index in [4.69, 9.17) is 9.47 Å². The molecule has 0 saturated heterocycles. The lowest BCUT2D eigenvalue weighted by Gasteiger charge is -2.21. The Morgan fingerprint density at radius 2 is 1.65 bits per heavy atom. The van der Waals surface area contributed by atoms with Crippen LogP contribution in [0.1, 0.15) is 6.92 Å². The first-order valence-corrected chi connectivity index (χ1v) is 7.57. The molecule has 0 aliphatic heterocycles. The van der Waals surface area contributed by atoms with E-state index in [0.29, 0.717) is 24.7 Å². The summed E-state index contributed by atoms with van der Waals surface area (Å²) in [6.07, 6.45) is 1.69. The SMILES string of the molecule is C=CCN(C(=O)COc1ccccc1OCC)c1ccccc1. The molecule has 0 radical (unpaired) electrons. The highest BCUT2D eigenvalue weighted by Crippen LogP contribution is 2.26. The van der Waals surface area contributed by atoms with E-state index in [0.717, 1.165) is 5.69 Å². The number of hydrogen-bond acceptors (Lipinski definition) is 3. The Labute approximate surface area is 137 Å². The molecule has 120 valence electrons. The summed E-state index contributed by atoms with van der Waals surface area (Å²) < 4.78 is 11.1. The number of anilines is 1. The van der Waals surface area contributed by atoms with E-state index >= 15 is 0 Å². The maximum Gasteiger partial charge on any atom is 0.265 e. The highest BCUT2D eigenvalue weighted by molar-refractivity contribution is 5.94. The molecule has 0 atom stereocenters. The van der Waals surface area contributed by atoms with Crippen molar-refractivity contribution in [1.82, 2.24) is 0 Å². The molecule has 0 fully saturated rings. The molecule has 2 aromatic rings. The number of carbonyl (C=O) groups excluding carboxylic acids is 1. The lowest BCUT2D eigenvalue weighted by atomic mass is 10.3. The maximum atomic E-state index is 12.5. The second kappa shape index (κ2) is 8.63. The summed E-state index contributed by atoms with van der Waals surface area (Å²) in [5, 5.41) is 0. The van der Waals surface area contributed by atoms with Gasteiger partial charge in [-0.3, -0.25) is 4.79 Å². The van der Waals surface area contributed by atoms with Crippen LogP contribution >= 0.6 is 0 Å². The number of carbonyl (C=O) groups is 1. The van der Waals surface area contributed by atoms with Crippen molar-refractivity contribution in [3.05, 3.63) is 67.3 Å². The van der Waals surface area contributed by atoms with E-state index in [2.05, 4.69) is 6.58 Å². The molecule has 23 heavy (non-hydrogen) atoms. The fourth-order valence-electron chi connectivity index (χ4n) is 2.15. The van der Waals surface area contributed by atoms with Crippen LogP contribution in [0.4, 0.5) is 5.69 Å². The van der Waals surface area contributed by atoms with E-state index in [1.54, 1.807) is 17.0 Å². The van der Waals surface area contributed by atoms with Crippen molar-refractivity contribution in [2.24, 2.45) is 0 Å². The van der Waals surface area contributed by atoms with Crippen LogP contribution in [0.25, 0.3) is 0 Å². The van der Waals surface area contributed by atoms with Crippen molar-refractivity contribution < 1.29 is 14.3 Å². The predicted octanol–water partition coefficient (Wildman–Crippen LogP) is 3.68. The first-order valence-electron chi connectivity index (χ1n) is 7.57. The maximum absolute atomic E-state index is 12.5. The highest BCUT2D eigenvalue weighted by atomic mass is 16.5. The number of rotatable bonds is 8. The summed E-state index contributed by atoms with van der Waals surface area (Å²) in [5.41, 5.74) is 0.819. The zero-order valence-corrected chi connectivity index (χ0v) is 13.3. The van der Waals surface area contributed by atoms with Gasteiger partial charge in [0, 0.05) is 12.2 Å². The van der Waals surface area contributed by atoms with E-state index < -0.39 is 0 Å². The van der Waals surface area contributed by atoms with Crippen molar-refractivity contribution in [2.75, 3.05) is 24.7 Å². The Morgan fingerprint density at radius 1 is 1.04 bits per heavy atom. The summed E-state index contributed by atoms with van der Waals surface area (Å²) >= 11 is 0. The zero-order valence-electron chi connectivity index (χ0n) is 13.3. The predicted molar refractivity (Wildman–Crippen MR) is 92.1 cm³/mol. The second-order valence-electron chi connectivity index (χ2n) is 4.80. The monoisotopic (exact) mass is 311 g/mol. The Hall–Kier alpha value is -2.75. The Kier molecular flexibility index (Phi) is 6.24. The molecular formula is C19H21NO3. The average Bonchev–Trinajstić information content (AvgIpc) is 2.59. The highest BCUT2D eigenvalue weighted by Gasteiger charge is 2.15. The molecule has 0 spiro atoms. The molecular weight excluding hydrogens is 290 g/mol. The van der Waals surface area contributed by atoms with Crippen molar-refractivity contribution >= 4 is 11.6 Å². The second-order valence-corrected chi connectivity index (χ2v) is 4.80. The lowest BCUT2D eigenvalue weighted by molar-refractivity contribution is -0.120. The summed E-state index contributed by atoms with van der Waals surface area (Å²) in [7, 11) is 0. The molecule has 0 unspecified atom stereocenters. The van der Waals surface area contributed by atoms with Gasteiger partial charge < -0.3 is 14.4 Å². The van der Waals surface area contributed by atoms with Gasteiger partial charge in [0.05, 0.1) is 6.61 Å². The van der Waals surface area contributed by atoms with Crippen LogP contribution in [0.5, 0.6) is 11.5 Å². The van der Waals surface area contributed by atoms with Gasteiger partial charge in [-0.1, -0.05) is 36.4 Å². The number of ether oxygens (including phenoxy) is 2. The van der Waals surface area contributed by atoms with Crippen LogP contribution in [-0.2, 0) is 4.79 Å². The van der Waals surface area contributed by atoms with Crippen LogP contribution in [0, 0.1) is 0 Å². The van der Waals surface area contributed by atoms with Crippen LogP contribution in [0.2, 0.25) is 0 Å². The van der Waals surface area contributed by atoms with Gasteiger partial charge in [-0.05, 0) is 31.2 Å². The summed E-state index contributed by atoms with van der Waals surface area (Å²) in [5.74, 6) is 1.06. The Bertz CT molecular complexity index is 640. The molecule has 4 nitrogen and oxygen atoms in total. The minimum absolute atomic E-state index is 0.0627. The van der Waals surface area contributed by atoms with E-state index in [1.807, 2.05) is 55.5 Å². The topological polar surface area (TPSA) is 38.8 Å². The van der Waals surface area contributed by atoms with Gasteiger partial charge in [-0.25, -0.2) is 0 Å². The third-order valence-electron chi connectivity index (χ3n) is 3.18. The molecule has 4 heteroatoms. The minimum Gasteiger partial charge on any atom is -0.490 e. The Morgan fingerprint density at radius 3 is 2.26 bits per heavy atom. The van der Waals surface area contributed by atoms with Gasteiger partial charge >= 0.3 is 0 Å². The van der Waals surface area contributed by atoms with E-state index in [9.17, 15) is 4.79 Å². The quantitative estimate of drug-likeness (QED) is 0.698. The van der Waals surface area contributed by atoms with Gasteiger partial charge in [0.25, 0.3) is 5.91 Å². The molecule has 2 aromatic carbocycles. The van der Waals surface area contributed by atoms with Crippen LogP contribution in [-0.4, -0.2) is 25.7 Å². The fraction of sp³-hybridized carbons (Fsp3) is 0.211. The summed E-state index contributed by atoms with van der Waals surface area (Å²) in [4.78, 5) is 14.1. The van der Waals surface area contributed by atoms with E-state index in [-0.39, 0.29) is 12.5 Å². The van der Waals surface area contributed by atoms with Gasteiger partial charge in [0.15, 0.2) is 18.1 Å². The van der Waals surface area contributed by atoms with Crippen LogP contribution in [0.3, 0.4) is 0 Å². The van der Waals surface area contributed by atoms with Crippen molar-refractivity contribution in [3.8, 4) is 11.5 Å². The average molecular weight is 311 g/mol. The summed E-state index contributed by atoms with van der Waals surface area (Å²) in [6, 6.07) is 16.8. The number of hydrogen-bond donors (Lipinski definition) is 0. The molecule has 0 N–H and O–H groups in total. The normalized spacial score (nSPS) is 9.96. The largest absolute Gasteiger partial charge is 0.490 e. The number of para-hydroxylation sites is 3. The van der Waals surface area contributed by atoms with Crippen molar-refractivity contribution in [2.45, 2.75) is 6.92 Å². The fourth-order valence-corrected chi connectivity index (χ4v) is 2.15. The van der Waals surface area contributed by atoms with Crippen molar-refractivity contribution in [3.63, 3.8) is 0 Å². The zero-order chi connectivity index (χ0) is 16.5. The molecule has 0 heterocycles. The standard InChI is InChI=1S/C19H21NO3/c1-3-14-20(16-10-6-5-7-11-16)19(21)15-23-18-13-9-8-12-17(18)22-4-2/h3,5-13H,1,4,14-15H2,2H3. The molecule has 0 bridgehead atoms. The molecule has 0 aromatic heterocycles. The third kappa shape index (κ3) is 4.61. The smallest absolute Gasteiger partial charge is 0.265 e. The molecule has 2 rings (SSSR count). The van der Waals surface area contributed by atoms with Gasteiger partial charge in [0.2, 0.25) is 0 Å². The number of benzene rings is 2.